The molecule has 0 radical (unpaired) electrons. The van der Waals surface area contributed by atoms with Crippen LogP contribution in [0.2, 0.25) is 18.1 Å². The lowest BCUT2D eigenvalue weighted by atomic mass is 9.61. The third-order valence-corrected chi connectivity index (χ3v) is 18.3. The molecule has 2 fully saturated rings. The molecule has 1 aromatic carbocycles. The van der Waals surface area contributed by atoms with E-state index in [4.69, 9.17) is 20.8 Å². The summed E-state index contributed by atoms with van der Waals surface area (Å²) in [4.78, 5) is 14.8. The van der Waals surface area contributed by atoms with Crippen molar-refractivity contribution in [2.75, 3.05) is 12.4 Å². The highest BCUT2D eigenvalue weighted by atomic mass is 35.5. The van der Waals surface area contributed by atoms with Crippen LogP contribution in [0.25, 0.3) is 0 Å². The minimum Gasteiger partial charge on any atom is -0.547 e. The van der Waals surface area contributed by atoms with Crippen molar-refractivity contribution in [3.63, 3.8) is 0 Å². The molecule has 4 rings (SSSR count). The maximum absolute atomic E-state index is 14.7. The number of alkyl halides is 1. The molecule has 6 atom stereocenters. The Hall–Kier alpha value is -1.91. The van der Waals surface area contributed by atoms with E-state index < -0.39 is 35.8 Å². The van der Waals surface area contributed by atoms with Gasteiger partial charge in [0.2, 0.25) is 14.2 Å². The zero-order valence-electron chi connectivity index (χ0n) is 32.1. The van der Waals surface area contributed by atoms with Crippen LogP contribution in [0, 0.1) is 24.2 Å². The number of sulfonamides is 1. The van der Waals surface area contributed by atoms with Crippen molar-refractivity contribution >= 4 is 35.8 Å². The lowest BCUT2D eigenvalue weighted by Gasteiger charge is -2.49. The number of carbonyl (C=O) groups excluding carboxylic acids is 1. The molecule has 1 N–H and O–H groups in total. The van der Waals surface area contributed by atoms with E-state index in [-0.39, 0.29) is 34.6 Å². The zero-order chi connectivity index (χ0) is 37.2. The van der Waals surface area contributed by atoms with Gasteiger partial charge in [0.05, 0.1) is 34.4 Å². The molecule has 1 spiro atoms. The third kappa shape index (κ3) is 8.65. The van der Waals surface area contributed by atoms with Gasteiger partial charge in [-0.3, -0.25) is 4.79 Å². The molecule has 50 heavy (non-hydrogen) atoms. The third-order valence-electron chi connectivity index (χ3n) is 12.0. The molecule has 10 heteroatoms. The molecule has 1 amide bonds. The first-order valence-electron chi connectivity index (χ1n) is 18.5. The van der Waals surface area contributed by atoms with Gasteiger partial charge in [-0.1, -0.05) is 57.5 Å². The minimum atomic E-state index is -4.04. The summed E-state index contributed by atoms with van der Waals surface area (Å²) in [6.45, 7) is 21.5. The molecule has 0 saturated carbocycles. The van der Waals surface area contributed by atoms with Crippen LogP contribution in [0.1, 0.15) is 105 Å². The predicted octanol–water partition coefficient (Wildman–Crippen LogP) is 9.45. The summed E-state index contributed by atoms with van der Waals surface area (Å²) in [5.41, 5.74) is 2.97. The molecular weight excluding hydrogens is 686 g/mol. The first kappa shape index (κ1) is 40.9. The summed E-state index contributed by atoms with van der Waals surface area (Å²) in [6, 6.07) is 6.70. The number of allylic oxidation sites excluding steroid dienone is 4. The summed E-state index contributed by atoms with van der Waals surface area (Å²) in [6.07, 6.45) is 8.86. The second-order valence-electron chi connectivity index (χ2n) is 16.7. The first-order chi connectivity index (χ1) is 23.2. The van der Waals surface area contributed by atoms with Gasteiger partial charge < -0.3 is 14.3 Å². The fourth-order valence-corrected chi connectivity index (χ4v) is 10.6. The maximum Gasteiger partial charge on any atom is 0.266 e. The average molecular weight is 749 g/mol. The van der Waals surface area contributed by atoms with Crippen molar-refractivity contribution in [3.8, 4) is 0 Å². The van der Waals surface area contributed by atoms with Crippen LogP contribution >= 0.6 is 11.6 Å². The lowest BCUT2D eigenvalue weighted by Crippen LogP contribution is -2.55. The van der Waals surface area contributed by atoms with Crippen molar-refractivity contribution in [1.82, 2.24) is 4.31 Å². The predicted molar refractivity (Wildman–Crippen MR) is 206 cm³/mol. The minimum absolute atomic E-state index is 0.0102. The molecular formula is C40H62ClNO6SSi. The first-order valence-corrected chi connectivity index (χ1v) is 23.4. The summed E-state index contributed by atoms with van der Waals surface area (Å²) in [7, 11) is -6.24. The zero-order valence-corrected chi connectivity index (χ0v) is 34.7. The number of rotatable bonds is 12. The van der Waals surface area contributed by atoms with Crippen LogP contribution in [0.3, 0.4) is 0 Å². The van der Waals surface area contributed by atoms with Crippen molar-refractivity contribution in [1.29, 1.82) is 0 Å². The van der Waals surface area contributed by atoms with Crippen molar-refractivity contribution in [2.24, 2.45) is 17.3 Å². The highest BCUT2D eigenvalue weighted by Gasteiger charge is 2.55. The molecule has 7 nitrogen and oxygen atoms in total. The Labute approximate surface area is 308 Å². The number of nitrogens with zero attached hydrogens (tertiary/aromatic N) is 1. The number of amides is 1. The molecule has 2 aliphatic heterocycles. The highest BCUT2D eigenvalue weighted by Crippen LogP contribution is 2.53. The molecule has 2 heterocycles. The highest BCUT2D eigenvalue weighted by molar-refractivity contribution is 7.89. The van der Waals surface area contributed by atoms with Crippen LogP contribution < -0.4 is 0 Å². The van der Waals surface area contributed by atoms with Crippen LogP contribution in [-0.4, -0.2) is 62.8 Å². The summed E-state index contributed by atoms with van der Waals surface area (Å²) >= 11 is 5.90. The SMILES string of the molecule is CC1=C(O[Si](C)(C)C(C)(C)C)CC[C@@]2(CCCN(S(=O)(=O)c3ccc(C)cc3)C2=O)[C@H]1/C=C(\C)[C@@H](O)CCC1C[C@@H](C)[C@H](/C(C)=C/CCCl)O1. The second kappa shape index (κ2) is 16.0. The van der Waals surface area contributed by atoms with E-state index in [0.29, 0.717) is 43.9 Å². The van der Waals surface area contributed by atoms with E-state index in [1.54, 1.807) is 24.3 Å². The number of piperidine rings is 1. The number of aliphatic hydroxyl groups is 1. The van der Waals surface area contributed by atoms with E-state index in [0.717, 1.165) is 46.0 Å². The van der Waals surface area contributed by atoms with Crippen molar-refractivity contribution in [3.05, 3.63) is 64.5 Å². The Morgan fingerprint density at radius 2 is 1.84 bits per heavy atom. The molecule has 2 saturated heterocycles. The van der Waals surface area contributed by atoms with Crippen LogP contribution in [0.5, 0.6) is 0 Å². The van der Waals surface area contributed by atoms with E-state index in [1.807, 2.05) is 26.8 Å². The number of carbonyl (C=O) groups is 1. The quantitative estimate of drug-likeness (QED) is 0.130. The fraction of sp³-hybridized carbons (Fsp3) is 0.675. The Balaban J connectivity index is 1.65. The summed E-state index contributed by atoms with van der Waals surface area (Å²) in [5, 5.41) is 11.5. The molecule has 3 aliphatic rings. The monoisotopic (exact) mass is 747 g/mol. The Kier molecular flexibility index (Phi) is 13.1. The van der Waals surface area contributed by atoms with Gasteiger partial charge in [-0.25, -0.2) is 12.7 Å². The normalized spacial score (nSPS) is 28.1. The number of aliphatic hydroxyl groups excluding tert-OH is 1. The van der Waals surface area contributed by atoms with Gasteiger partial charge in [0, 0.05) is 24.8 Å². The Bertz CT molecular complexity index is 1580. The number of halogens is 1. The number of aryl methyl sites for hydroxylation is 1. The Morgan fingerprint density at radius 1 is 1.18 bits per heavy atom. The van der Waals surface area contributed by atoms with Gasteiger partial charge in [0.1, 0.15) is 0 Å². The van der Waals surface area contributed by atoms with E-state index >= 15 is 0 Å². The van der Waals surface area contributed by atoms with Gasteiger partial charge in [-0.05, 0) is 126 Å². The van der Waals surface area contributed by atoms with E-state index in [2.05, 4.69) is 53.8 Å². The fourth-order valence-electron chi connectivity index (χ4n) is 7.76. The average Bonchev–Trinajstić information content (AvgIpc) is 3.42. The number of ether oxygens (including phenoxy) is 1. The molecule has 0 aromatic heterocycles. The number of hydrogen-bond acceptors (Lipinski definition) is 6. The summed E-state index contributed by atoms with van der Waals surface area (Å²) in [5.74, 6) is 1.14. The molecule has 1 aromatic rings. The Morgan fingerprint density at radius 3 is 2.46 bits per heavy atom. The lowest BCUT2D eigenvalue weighted by molar-refractivity contribution is -0.143. The van der Waals surface area contributed by atoms with Gasteiger partial charge in [0.15, 0.2) is 0 Å². The molecule has 1 aliphatic carbocycles. The second-order valence-corrected chi connectivity index (χ2v) is 23.7. The van der Waals surface area contributed by atoms with Crippen molar-refractivity contribution < 1.29 is 27.5 Å². The van der Waals surface area contributed by atoms with Gasteiger partial charge in [-0.15, -0.1) is 11.6 Å². The molecule has 1 unspecified atom stereocenters. The maximum atomic E-state index is 14.7. The standard InChI is InChI=1S/C40H62ClNO6SSi/c1-27-14-17-33(18-15-27)49(45,46)42-24-12-21-40(38(42)44)22-20-36(48-50(9,10)39(6,7)8)31(5)34(40)26-29(3)35(43)19-16-32-25-30(4)37(47-32)28(2)13-11-23-41/h13-15,17-18,26,30,32,34-35,37,43H,11-12,16,19-25H2,1-10H3/b28-13+,29-26+/t30-,32?,34+,35+,37+,40+/m1/s1. The van der Waals surface area contributed by atoms with Gasteiger partial charge in [0.25, 0.3) is 10.0 Å². The number of benzene rings is 1. The van der Waals surface area contributed by atoms with Crippen LogP contribution in [0.4, 0.5) is 0 Å². The molecule has 280 valence electrons. The largest absolute Gasteiger partial charge is 0.547 e. The number of hydrogen-bond donors (Lipinski definition) is 1. The topological polar surface area (TPSA) is 93.1 Å². The van der Waals surface area contributed by atoms with Crippen LogP contribution in [-0.2, 0) is 24.0 Å². The smallest absolute Gasteiger partial charge is 0.266 e. The van der Waals surface area contributed by atoms with Gasteiger partial charge in [-0.2, -0.15) is 0 Å². The van der Waals surface area contributed by atoms with Gasteiger partial charge >= 0.3 is 0 Å². The van der Waals surface area contributed by atoms with E-state index in [1.165, 1.54) is 5.57 Å². The van der Waals surface area contributed by atoms with Crippen LogP contribution in [0.15, 0.2) is 63.8 Å². The van der Waals surface area contributed by atoms with Crippen molar-refractivity contribution in [2.45, 2.75) is 148 Å². The summed E-state index contributed by atoms with van der Waals surface area (Å²) < 4.78 is 42.4. The van der Waals surface area contributed by atoms with E-state index in [9.17, 15) is 18.3 Å². The molecule has 0 bridgehead atoms.